The van der Waals surface area contributed by atoms with Crippen molar-refractivity contribution in [2.24, 2.45) is 5.10 Å². The van der Waals surface area contributed by atoms with E-state index in [0.717, 1.165) is 6.07 Å². The minimum atomic E-state index is -0.710. The molecular weight excluding hydrogens is 310 g/mol. The van der Waals surface area contributed by atoms with Crippen LogP contribution in [0.5, 0.6) is 5.75 Å². The number of aromatic hydroxyl groups is 1. The number of nitrogens with zero attached hydrogens (tertiary/aromatic N) is 3. The van der Waals surface area contributed by atoms with Crippen molar-refractivity contribution in [2.45, 2.75) is 6.42 Å². The molecule has 0 aliphatic carbocycles. The first-order chi connectivity index (χ1) is 10.5. The summed E-state index contributed by atoms with van der Waals surface area (Å²) in [7, 11) is 0. The lowest BCUT2D eigenvalue weighted by atomic mass is 10.2. The molecule has 114 valence electrons. The molecule has 0 unspecified atom stereocenters. The van der Waals surface area contributed by atoms with Crippen LogP contribution in [-0.2, 0) is 11.2 Å². The number of hydrazone groups is 1. The van der Waals surface area contributed by atoms with E-state index < -0.39 is 22.3 Å². The number of amides is 1. The smallest absolute Gasteiger partial charge is 0.311 e. The molecule has 0 fully saturated rings. The standard InChI is InChI=1S/C12H11N5O4S/c13-12-15-8(6-22-12)4-11(19)16-14-5-7-1-2-10(18)9(3-7)17(20)21/h1-3,5-6,18H,4H2,(H2,13,15)(H,16,19)/b14-5+. The second-order valence-corrected chi connectivity index (χ2v) is 5.04. The fraction of sp³-hybridized carbons (Fsp3) is 0.0833. The molecule has 0 aliphatic heterocycles. The number of hydrogen-bond donors (Lipinski definition) is 3. The van der Waals surface area contributed by atoms with Gasteiger partial charge in [0, 0.05) is 17.0 Å². The number of hydrogen-bond acceptors (Lipinski definition) is 8. The van der Waals surface area contributed by atoms with Crippen LogP contribution in [-0.4, -0.2) is 27.1 Å². The molecule has 0 atom stereocenters. The molecule has 4 N–H and O–H groups in total. The summed E-state index contributed by atoms with van der Waals surface area (Å²) in [5, 5.41) is 25.7. The molecule has 0 saturated carbocycles. The van der Waals surface area contributed by atoms with Gasteiger partial charge in [-0.05, 0) is 12.1 Å². The number of nitrogen functional groups attached to an aromatic ring is 1. The van der Waals surface area contributed by atoms with Crippen LogP contribution in [0.25, 0.3) is 0 Å². The molecule has 1 amide bonds. The Kier molecular flexibility index (Phi) is 4.63. The summed E-state index contributed by atoms with van der Waals surface area (Å²) in [6.45, 7) is 0. The third-order valence-corrected chi connectivity index (χ3v) is 3.23. The van der Waals surface area contributed by atoms with E-state index in [1.54, 1.807) is 5.38 Å². The first kappa shape index (κ1) is 15.4. The number of rotatable bonds is 5. The maximum absolute atomic E-state index is 11.6. The van der Waals surface area contributed by atoms with Gasteiger partial charge in [0.1, 0.15) is 0 Å². The zero-order valence-electron chi connectivity index (χ0n) is 11.1. The highest BCUT2D eigenvalue weighted by Crippen LogP contribution is 2.25. The van der Waals surface area contributed by atoms with Crippen molar-refractivity contribution in [3.63, 3.8) is 0 Å². The van der Waals surface area contributed by atoms with Crippen molar-refractivity contribution in [1.29, 1.82) is 0 Å². The van der Waals surface area contributed by atoms with Gasteiger partial charge >= 0.3 is 5.69 Å². The van der Waals surface area contributed by atoms with Gasteiger partial charge in [-0.3, -0.25) is 14.9 Å². The van der Waals surface area contributed by atoms with Gasteiger partial charge in [0.2, 0.25) is 5.91 Å². The number of nitro benzene ring substituents is 1. The third-order valence-electron chi connectivity index (χ3n) is 2.51. The lowest BCUT2D eigenvalue weighted by Crippen LogP contribution is -2.19. The van der Waals surface area contributed by atoms with Crippen molar-refractivity contribution >= 4 is 34.3 Å². The zero-order chi connectivity index (χ0) is 16.1. The summed E-state index contributed by atoms with van der Waals surface area (Å²) in [6.07, 6.45) is 1.26. The van der Waals surface area contributed by atoms with Crippen LogP contribution in [0.15, 0.2) is 28.7 Å². The van der Waals surface area contributed by atoms with E-state index in [2.05, 4.69) is 15.5 Å². The molecule has 0 radical (unpaired) electrons. The SMILES string of the molecule is Nc1nc(CC(=O)N/N=C/c2ccc(O)c([N+](=O)[O-])c2)cs1. The average Bonchev–Trinajstić information content (AvgIpc) is 2.85. The topological polar surface area (TPSA) is 144 Å². The largest absolute Gasteiger partial charge is 0.502 e. The fourth-order valence-electron chi connectivity index (χ4n) is 1.55. The Morgan fingerprint density at radius 3 is 3.00 bits per heavy atom. The molecule has 1 aromatic carbocycles. The Morgan fingerprint density at radius 2 is 2.36 bits per heavy atom. The second-order valence-electron chi connectivity index (χ2n) is 4.15. The summed E-state index contributed by atoms with van der Waals surface area (Å²) in [6, 6.07) is 3.75. The lowest BCUT2D eigenvalue weighted by molar-refractivity contribution is -0.385. The Balaban J connectivity index is 1.96. The molecule has 0 saturated heterocycles. The highest BCUT2D eigenvalue weighted by Gasteiger charge is 2.12. The van der Waals surface area contributed by atoms with Gasteiger partial charge in [-0.2, -0.15) is 5.10 Å². The first-order valence-corrected chi connectivity index (χ1v) is 6.83. The normalized spacial score (nSPS) is 10.7. The molecule has 1 aromatic heterocycles. The van der Waals surface area contributed by atoms with Gasteiger partial charge in [-0.25, -0.2) is 10.4 Å². The molecular formula is C12H11N5O4S. The summed E-state index contributed by atoms with van der Waals surface area (Å²) >= 11 is 1.23. The maximum atomic E-state index is 11.6. The molecule has 9 nitrogen and oxygen atoms in total. The van der Waals surface area contributed by atoms with E-state index in [1.807, 2.05) is 0 Å². The van der Waals surface area contributed by atoms with Crippen molar-refractivity contribution in [1.82, 2.24) is 10.4 Å². The number of phenolic OH excluding ortho intramolecular Hbond substituents is 1. The van der Waals surface area contributed by atoms with E-state index >= 15 is 0 Å². The van der Waals surface area contributed by atoms with Crippen LogP contribution in [0.4, 0.5) is 10.8 Å². The molecule has 10 heteroatoms. The summed E-state index contributed by atoms with van der Waals surface area (Å²) in [5.41, 5.74) is 8.19. The highest BCUT2D eigenvalue weighted by molar-refractivity contribution is 7.13. The van der Waals surface area contributed by atoms with Crippen molar-refractivity contribution in [2.75, 3.05) is 5.73 Å². The minimum absolute atomic E-state index is 0.0285. The van der Waals surface area contributed by atoms with E-state index in [4.69, 9.17) is 5.73 Å². The molecule has 0 spiro atoms. The molecule has 0 bridgehead atoms. The van der Waals surface area contributed by atoms with Crippen LogP contribution in [0.3, 0.4) is 0 Å². The Labute approximate surface area is 128 Å². The third kappa shape index (κ3) is 3.99. The van der Waals surface area contributed by atoms with Gasteiger partial charge in [-0.1, -0.05) is 0 Å². The van der Waals surface area contributed by atoms with Crippen LogP contribution >= 0.6 is 11.3 Å². The van der Waals surface area contributed by atoms with Crippen molar-refractivity contribution < 1.29 is 14.8 Å². The number of nitrogens with one attached hydrogen (secondary N) is 1. The number of benzene rings is 1. The Hall–Kier alpha value is -3.01. The fourth-order valence-corrected chi connectivity index (χ4v) is 2.12. The quantitative estimate of drug-likeness (QED) is 0.426. The van der Waals surface area contributed by atoms with Gasteiger partial charge in [0.05, 0.1) is 23.3 Å². The van der Waals surface area contributed by atoms with E-state index in [0.29, 0.717) is 16.4 Å². The number of nitrogens with two attached hydrogens (primary N) is 1. The zero-order valence-corrected chi connectivity index (χ0v) is 11.9. The molecule has 2 aromatic rings. The van der Waals surface area contributed by atoms with Gasteiger partial charge in [0.15, 0.2) is 10.9 Å². The van der Waals surface area contributed by atoms with Gasteiger partial charge in [0.25, 0.3) is 0 Å². The monoisotopic (exact) mass is 321 g/mol. The number of thiazole rings is 1. The minimum Gasteiger partial charge on any atom is -0.502 e. The number of phenols is 1. The number of nitro groups is 1. The lowest BCUT2D eigenvalue weighted by Gasteiger charge is -1.98. The van der Waals surface area contributed by atoms with Gasteiger partial charge < -0.3 is 10.8 Å². The molecule has 0 aliphatic rings. The van der Waals surface area contributed by atoms with Crippen molar-refractivity contribution in [3.8, 4) is 5.75 Å². The maximum Gasteiger partial charge on any atom is 0.311 e. The predicted molar refractivity (Wildman–Crippen MR) is 80.7 cm³/mol. The molecule has 22 heavy (non-hydrogen) atoms. The molecule has 1 heterocycles. The van der Waals surface area contributed by atoms with Crippen LogP contribution in [0, 0.1) is 10.1 Å². The van der Waals surface area contributed by atoms with Crippen molar-refractivity contribution in [3.05, 3.63) is 45.0 Å². The van der Waals surface area contributed by atoms with E-state index in [9.17, 15) is 20.0 Å². The van der Waals surface area contributed by atoms with E-state index in [1.165, 1.54) is 29.7 Å². The summed E-state index contributed by atoms with van der Waals surface area (Å²) in [4.78, 5) is 25.5. The first-order valence-electron chi connectivity index (χ1n) is 5.95. The number of carbonyl (C=O) groups is 1. The van der Waals surface area contributed by atoms with Crippen LogP contribution in [0.2, 0.25) is 0 Å². The van der Waals surface area contributed by atoms with E-state index in [-0.39, 0.29) is 6.42 Å². The predicted octanol–water partition coefficient (Wildman–Crippen LogP) is 1.03. The van der Waals surface area contributed by atoms with Crippen LogP contribution in [0.1, 0.15) is 11.3 Å². The highest BCUT2D eigenvalue weighted by atomic mass is 32.1. The van der Waals surface area contributed by atoms with Crippen LogP contribution < -0.4 is 11.2 Å². The second kappa shape index (κ2) is 6.63. The molecule has 2 rings (SSSR count). The average molecular weight is 321 g/mol. The summed E-state index contributed by atoms with van der Waals surface area (Å²) in [5.74, 6) is -0.831. The number of carbonyl (C=O) groups excluding carboxylic acids is 1. The Bertz CT molecular complexity index is 743. The van der Waals surface area contributed by atoms with Gasteiger partial charge in [-0.15, -0.1) is 11.3 Å². The summed E-state index contributed by atoms with van der Waals surface area (Å²) < 4.78 is 0. The Morgan fingerprint density at radius 1 is 1.59 bits per heavy atom. The number of aromatic nitrogens is 1. The number of anilines is 1.